The molecule has 4 nitrogen and oxygen atoms in total. The van der Waals surface area contributed by atoms with Gasteiger partial charge in [-0.3, -0.25) is 0 Å². The van der Waals surface area contributed by atoms with E-state index in [0.717, 1.165) is 31.4 Å². The molecule has 2 atom stereocenters. The first-order valence-electron chi connectivity index (χ1n) is 7.04. The second-order valence-electron chi connectivity index (χ2n) is 5.91. The van der Waals surface area contributed by atoms with E-state index in [1.807, 2.05) is 0 Å². The first-order valence-corrected chi connectivity index (χ1v) is 7.04. The van der Waals surface area contributed by atoms with E-state index in [1.165, 1.54) is 0 Å². The zero-order valence-corrected chi connectivity index (χ0v) is 12.1. The van der Waals surface area contributed by atoms with Crippen molar-refractivity contribution < 1.29 is 18.7 Å². The standard InChI is InChI=1S/C15H20F2N2O2/c1-8-3-9(2)5-11(4-8)21-14-12(16)6-10(7-13(14)17)15(18)19-20/h6-9,11,20H,3-5H2,1-2H3,(H2,18,19). The van der Waals surface area contributed by atoms with Crippen molar-refractivity contribution in [2.45, 2.75) is 39.2 Å². The van der Waals surface area contributed by atoms with Crippen LogP contribution in [0.1, 0.15) is 38.7 Å². The zero-order chi connectivity index (χ0) is 15.6. The number of halogens is 2. The number of benzene rings is 1. The van der Waals surface area contributed by atoms with Gasteiger partial charge in [-0.1, -0.05) is 19.0 Å². The smallest absolute Gasteiger partial charge is 0.191 e. The van der Waals surface area contributed by atoms with E-state index in [2.05, 4.69) is 19.0 Å². The summed E-state index contributed by atoms with van der Waals surface area (Å²) in [7, 11) is 0. The Bertz CT molecular complexity index is 515. The fraction of sp³-hybridized carbons (Fsp3) is 0.533. The monoisotopic (exact) mass is 298 g/mol. The minimum atomic E-state index is -0.845. The maximum absolute atomic E-state index is 14.0. The minimum Gasteiger partial charge on any atom is -0.484 e. The molecule has 1 saturated carbocycles. The van der Waals surface area contributed by atoms with E-state index < -0.39 is 17.4 Å². The molecule has 0 aliphatic heterocycles. The van der Waals surface area contributed by atoms with Gasteiger partial charge in [-0.2, -0.15) is 0 Å². The number of rotatable bonds is 3. The Balaban J connectivity index is 2.20. The van der Waals surface area contributed by atoms with Crippen LogP contribution in [-0.2, 0) is 0 Å². The van der Waals surface area contributed by atoms with E-state index in [4.69, 9.17) is 15.7 Å². The molecular weight excluding hydrogens is 278 g/mol. The lowest BCUT2D eigenvalue weighted by Gasteiger charge is -2.31. The first kappa shape index (κ1) is 15.5. The molecule has 0 aromatic heterocycles. The summed E-state index contributed by atoms with van der Waals surface area (Å²) < 4.78 is 33.5. The second-order valence-corrected chi connectivity index (χ2v) is 5.91. The maximum atomic E-state index is 14.0. The molecule has 1 aromatic rings. The van der Waals surface area contributed by atoms with Gasteiger partial charge in [0.1, 0.15) is 0 Å². The van der Waals surface area contributed by atoms with Crippen LogP contribution in [0.25, 0.3) is 0 Å². The molecular formula is C15H20F2N2O2. The predicted molar refractivity (Wildman–Crippen MR) is 75.5 cm³/mol. The second kappa shape index (κ2) is 6.28. The van der Waals surface area contributed by atoms with Gasteiger partial charge < -0.3 is 15.7 Å². The number of amidine groups is 1. The lowest BCUT2D eigenvalue weighted by molar-refractivity contribution is 0.0927. The van der Waals surface area contributed by atoms with Crippen molar-refractivity contribution >= 4 is 5.84 Å². The van der Waals surface area contributed by atoms with Gasteiger partial charge in [-0.25, -0.2) is 8.78 Å². The fourth-order valence-electron chi connectivity index (χ4n) is 3.01. The van der Waals surface area contributed by atoms with Gasteiger partial charge in [0.2, 0.25) is 0 Å². The largest absolute Gasteiger partial charge is 0.484 e. The van der Waals surface area contributed by atoms with Gasteiger partial charge in [0.15, 0.2) is 23.2 Å². The number of ether oxygens (including phenoxy) is 1. The first-order chi connectivity index (χ1) is 9.90. The molecule has 0 radical (unpaired) electrons. The molecule has 1 aliphatic carbocycles. The van der Waals surface area contributed by atoms with Crippen molar-refractivity contribution in [3.8, 4) is 5.75 Å². The van der Waals surface area contributed by atoms with Gasteiger partial charge in [0.05, 0.1) is 6.10 Å². The van der Waals surface area contributed by atoms with Crippen LogP contribution in [0.3, 0.4) is 0 Å². The fourth-order valence-corrected chi connectivity index (χ4v) is 3.01. The van der Waals surface area contributed by atoms with Crippen molar-refractivity contribution in [3.05, 3.63) is 29.3 Å². The van der Waals surface area contributed by atoms with Gasteiger partial charge in [0.25, 0.3) is 0 Å². The summed E-state index contributed by atoms with van der Waals surface area (Å²) in [5.74, 6) is -1.48. The van der Waals surface area contributed by atoms with Crippen molar-refractivity contribution in [2.24, 2.45) is 22.7 Å². The molecule has 2 unspecified atom stereocenters. The van der Waals surface area contributed by atoms with Crippen LogP contribution in [0.4, 0.5) is 8.78 Å². The molecule has 1 aliphatic rings. The van der Waals surface area contributed by atoms with E-state index in [9.17, 15) is 8.78 Å². The third-order valence-corrected chi connectivity index (χ3v) is 3.82. The van der Waals surface area contributed by atoms with Crippen LogP contribution in [0.2, 0.25) is 0 Å². The maximum Gasteiger partial charge on any atom is 0.191 e. The Labute approximate surface area is 122 Å². The highest BCUT2D eigenvalue weighted by Crippen LogP contribution is 2.33. The average molecular weight is 298 g/mol. The number of hydrogen-bond acceptors (Lipinski definition) is 3. The highest BCUT2D eigenvalue weighted by molar-refractivity contribution is 5.97. The van der Waals surface area contributed by atoms with E-state index in [0.29, 0.717) is 11.8 Å². The quantitative estimate of drug-likeness (QED) is 0.389. The van der Waals surface area contributed by atoms with Gasteiger partial charge in [-0.05, 0) is 43.2 Å². The van der Waals surface area contributed by atoms with Crippen LogP contribution in [0, 0.1) is 23.5 Å². The molecule has 3 N–H and O–H groups in total. The zero-order valence-electron chi connectivity index (χ0n) is 12.1. The summed E-state index contributed by atoms with van der Waals surface area (Å²) in [4.78, 5) is 0. The summed E-state index contributed by atoms with van der Waals surface area (Å²) in [6.07, 6.45) is 2.48. The van der Waals surface area contributed by atoms with Gasteiger partial charge >= 0.3 is 0 Å². The molecule has 2 rings (SSSR count). The van der Waals surface area contributed by atoms with Crippen molar-refractivity contribution in [1.29, 1.82) is 0 Å². The molecule has 0 heterocycles. The normalized spacial score (nSPS) is 26.7. The van der Waals surface area contributed by atoms with Crippen LogP contribution >= 0.6 is 0 Å². The summed E-state index contributed by atoms with van der Waals surface area (Å²) >= 11 is 0. The Morgan fingerprint density at radius 2 is 1.71 bits per heavy atom. The summed E-state index contributed by atoms with van der Waals surface area (Å²) in [6.45, 7) is 4.22. The summed E-state index contributed by atoms with van der Waals surface area (Å²) in [5, 5.41) is 11.3. The highest BCUT2D eigenvalue weighted by Gasteiger charge is 2.27. The highest BCUT2D eigenvalue weighted by atomic mass is 19.1. The van der Waals surface area contributed by atoms with Crippen molar-refractivity contribution in [1.82, 2.24) is 0 Å². The molecule has 0 spiro atoms. The van der Waals surface area contributed by atoms with Crippen molar-refractivity contribution in [2.75, 3.05) is 0 Å². The lowest BCUT2D eigenvalue weighted by atomic mass is 9.82. The van der Waals surface area contributed by atoms with E-state index in [1.54, 1.807) is 0 Å². The van der Waals surface area contributed by atoms with Crippen LogP contribution in [0.15, 0.2) is 17.3 Å². The van der Waals surface area contributed by atoms with Gasteiger partial charge in [0, 0.05) is 5.56 Å². The van der Waals surface area contributed by atoms with Crippen LogP contribution in [0.5, 0.6) is 5.75 Å². The molecule has 0 saturated heterocycles. The predicted octanol–water partition coefficient (Wildman–Crippen LogP) is 3.26. The average Bonchev–Trinajstić information content (AvgIpc) is 2.40. The number of oxime groups is 1. The van der Waals surface area contributed by atoms with Gasteiger partial charge in [-0.15, -0.1) is 0 Å². The molecule has 1 fully saturated rings. The van der Waals surface area contributed by atoms with Crippen LogP contribution < -0.4 is 10.5 Å². The molecule has 1 aromatic carbocycles. The molecule has 0 bridgehead atoms. The van der Waals surface area contributed by atoms with Crippen molar-refractivity contribution in [3.63, 3.8) is 0 Å². The van der Waals surface area contributed by atoms with Crippen LogP contribution in [-0.4, -0.2) is 17.1 Å². The SMILES string of the molecule is CC1CC(C)CC(Oc2c(F)cc(C(N)=NO)cc2F)C1. The topological polar surface area (TPSA) is 67.8 Å². The minimum absolute atomic E-state index is 0.0229. The third-order valence-electron chi connectivity index (χ3n) is 3.82. The lowest BCUT2D eigenvalue weighted by Crippen LogP contribution is -2.29. The third kappa shape index (κ3) is 3.62. The Hall–Kier alpha value is -1.85. The molecule has 21 heavy (non-hydrogen) atoms. The number of nitrogens with two attached hydrogens (primary N) is 1. The van der Waals surface area contributed by atoms with E-state index in [-0.39, 0.29) is 17.5 Å². The Morgan fingerprint density at radius 3 is 2.19 bits per heavy atom. The number of hydrogen-bond donors (Lipinski definition) is 2. The Morgan fingerprint density at radius 1 is 1.19 bits per heavy atom. The summed E-state index contributed by atoms with van der Waals surface area (Å²) in [6, 6.07) is 2.01. The molecule has 6 heteroatoms. The molecule has 116 valence electrons. The number of nitrogens with zero attached hydrogens (tertiary/aromatic N) is 1. The Kier molecular flexibility index (Phi) is 4.65. The summed E-state index contributed by atoms with van der Waals surface area (Å²) in [5.41, 5.74) is 5.31. The van der Waals surface area contributed by atoms with E-state index >= 15 is 0 Å². The molecule has 0 amide bonds.